The lowest BCUT2D eigenvalue weighted by Crippen LogP contribution is -2.37. The number of nitrogens with zero attached hydrogens (tertiary/aromatic N) is 3. The molecule has 2 atom stereocenters. The molecule has 0 saturated carbocycles. The van der Waals surface area contributed by atoms with Gasteiger partial charge in [0.25, 0.3) is 0 Å². The SMILES string of the molecule is CC(C)(C)OC(=O)N1C[C@@H](F)C[C@@H]1c1cc(F)cnc1OCCCCNc1c(N)cnc2ccc(Br)cc12. The molecule has 38 heavy (non-hydrogen) atoms. The van der Waals surface area contributed by atoms with Gasteiger partial charge in [0.15, 0.2) is 0 Å². The van der Waals surface area contributed by atoms with Crippen LogP contribution >= 0.6 is 15.9 Å². The van der Waals surface area contributed by atoms with E-state index in [0.29, 0.717) is 30.8 Å². The van der Waals surface area contributed by atoms with Crippen LogP contribution in [-0.2, 0) is 4.74 Å². The Bertz CT molecular complexity index is 1300. The van der Waals surface area contributed by atoms with E-state index in [1.807, 2.05) is 18.2 Å². The lowest BCUT2D eigenvalue weighted by Gasteiger charge is -2.29. The number of aromatic nitrogens is 2. The summed E-state index contributed by atoms with van der Waals surface area (Å²) in [5.41, 5.74) is 7.96. The standard InChI is InChI=1S/C27H32BrF2N5O3/c1-27(2,3)38-26(36)35-15-18(30)12-23(35)20-11-17(29)13-34-25(20)37-9-5-4-8-32-24-19-10-16(28)6-7-22(19)33-14-21(24)31/h6-7,10-11,13-14,18,23H,4-5,8-9,12,15,31H2,1-3H3,(H,32,33)/t18-,23+/m0/s1. The van der Waals surface area contributed by atoms with E-state index in [1.165, 1.54) is 11.0 Å². The average Bonchev–Trinajstić information content (AvgIpc) is 3.24. The first-order valence-electron chi connectivity index (χ1n) is 12.5. The molecule has 3 N–H and O–H groups in total. The van der Waals surface area contributed by atoms with Crippen molar-refractivity contribution in [3.63, 3.8) is 0 Å². The van der Waals surface area contributed by atoms with Gasteiger partial charge >= 0.3 is 6.09 Å². The number of nitrogens with two attached hydrogens (primary N) is 1. The summed E-state index contributed by atoms with van der Waals surface area (Å²) in [5.74, 6) is -0.405. The van der Waals surface area contributed by atoms with E-state index in [2.05, 4.69) is 31.2 Å². The number of pyridine rings is 2. The summed E-state index contributed by atoms with van der Waals surface area (Å²) in [7, 11) is 0. The molecule has 11 heteroatoms. The number of hydrogen-bond donors (Lipinski definition) is 2. The van der Waals surface area contributed by atoms with Gasteiger partial charge in [-0.15, -0.1) is 0 Å². The van der Waals surface area contributed by atoms with Gasteiger partial charge in [-0.3, -0.25) is 9.88 Å². The van der Waals surface area contributed by atoms with Crippen molar-refractivity contribution in [3.8, 4) is 5.88 Å². The monoisotopic (exact) mass is 591 g/mol. The minimum atomic E-state index is -1.26. The highest BCUT2D eigenvalue weighted by Gasteiger charge is 2.40. The molecule has 0 radical (unpaired) electrons. The Morgan fingerprint density at radius 3 is 2.79 bits per heavy atom. The predicted molar refractivity (Wildman–Crippen MR) is 146 cm³/mol. The zero-order chi connectivity index (χ0) is 27.4. The highest BCUT2D eigenvalue weighted by molar-refractivity contribution is 9.10. The van der Waals surface area contributed by atoms with E-state index in [9.17, 15) is 13.6 Å². The first-order valence-corrected chi connectivity index (χ1v) is 13.3. The number of carbonyl (C=O) groups is 1. The highest BCUT2D eigenvalue weighted by atomic mass is 79.9. The van der Waals surface area contributed by atoms with Crippen molar-refractivity contribution < 1.29 is 23.0 Å². The van der Waals surface area contributed by atoms with E-state index in [-0.39, 0.29) is 18.8 Å². The third-order valence-corrected chi connectivity index (χ3v) is 6.55. The fourth-order valence-corrected chi connectivity index (χ4v) is 4.75. The van der Waals surface area contributed by atoms with E-state index >= 15 is 0 Å². The first-order chi connectivity index (χ1) is 18.0. The Morgan fingerprint density at radius 1 is 1.24 bits per heavy atom. The quantitative estimate of drug-likeness (QED) is 0.292. The summed E-state index contributed by atoms with van der Waals surface area (Å²) < 4.78 is 40.8. The Labute approximate surface area is 229 Å². The maximum absolute atomic E-state index is 14.4. The number of fused-ring (bicyclic) bond motifs is 1. The van der Waals surface area contributed by atoms with Gasteiger partial charge < -0.3 is 20.5 Å². The van der Waals surface area contributed by atoms with Crippen LogP contribution in [0.25, 0.3) is 10.9 Å². The number of nitrogen functional groups attached to an aromatic ring is 1. The molecule has 0 aliphatic carbocycles. The van der Waals surface area contributed by atoms with Crippen molar-refractivity contribution in [2.75, 3.05) is 30.7 Å². The molecule has 0 spiro atoms. The minimum absolute atomic E-state index is 0.0160. The summed E-state index contributed by atoms with van der Waals surface area (Å²) in [5, 5.41) is 4.30. The molecule has 3 aromatic rings. The molecule has 1 aliphatic heterocycles. The maximum Gasteiger partial charge on any atom is 0.410 e. The maximum atomic E-state index is 14.4. The molecule has 1 aromatic carbocycles. The molecule has 1 amide bonds. The summed E-state index contributed by atoms with van der Waals surface area (Å²) in [4.78, 5) is 22.5. The van der Waals surface area contributed by atoms with Crippen molar-refractivity contribution >= 4 is 44.3 Å². The predicted octanol–water partition coefficient (Wildman–Crippen LogP) is 6.40. The van der Waals surface area contributed by atoms with Crippen molar-refractivity contribution in [1.29, 1.82) is 0 Å². The molecule has 4 rings (SSSR count). The summed E-state index contributed by atoms with van der Waals surface area (Å²) in [6, 6.07) is 6.33. The van der Waals surface area contributed by atoms with E-state index in [4.69, 9.17) is 15.2 Å². The van der Waals surface area contributed by atoms with Gasteiger partial charge in [-0.2, -0.15) is 0 Å². The fourth-order valence-electron chi connectivity index (χ4n) is 4.39. The second-order valence-electron chi connectivity index (χ2n) is 10.3. The lowest BCUT2D eigenvalue weighted by atomic mass is 10.1. The van der Waals surface area contributed by atoms with Crippen molar-refractivity contribution in [2.24, 2.45) is 0 Å². The van der Waals surface area contributed by atoms with Crippen LogP contribution in [0.2, 0.25) is 0 Å². The van der Waals surface area contributed by atoms with Crippen molar-refractivity contribution in [3.05, 3.63) is 52.5 Å². The Balaban J connectivity index is 1.37. The third-order valence-electron chi connectivity index (χ3n) is 6.05. The van der Waals surface area contributed by atoms with Crippen LogP contribution in [-0.4, -0.2) is 52.4 Å². The third kappa shape index (κ3) is 6.80. The van der Waals surface area contributed by atoms with Crippen molar-refractivity contribution in [1.82, 2.24) is 14.9 Å². The van der Waals surface area contributed by atoms with Gasteiger partial charge in [-0.05, 0) is 57.9 Å². The van der Waals surface area contributed by atoms with Gasteiger partial charge in [0.05, 0.1) is 48.5 Å². The number of hydrogen-bond acceptors (Lipinski definition) is 7. The average molecular weight is 592 g/mol. The Morgan fingerprint density at radius 2 is 2.03 bits per heavy atom. The Hall–Kier alpha value is -3.21. The topological polar surface area (TPSA) is 103 Å². The van der Waals surface area contributed by atoms with Crippen molar-refractivity contribution in [2.45, 2.75) is 57.8 Å². The molecule has 0 bridgehead atoms. The first kappa shape index (κ1) is 27.8. The number of anilines is 2. The summed E-state index contributed by atoms with van der Waals surface area (Å²) in [6.45, 7) is 6.02. The van der Waals surface area contributed by atoms with Gasteiger partial charge in [-0.25, -0.2) is 18.6 Å². The van der Waals surface area contributed by atoms with Crippen LogP contribution in [0, 0.1) is 5.82 Å². The molecular formula is C27H32BrF2N5O3. The van der Waals surface area contributed by atoms with Crippen LogP contribution in [0.3, 0.4) is 0 Å². The number of nitrogens with one attached hydrogen (secondary N) is 1. The molecule has 3 heterocycles. The van der Waals surface area contributed by atoms with Gasteiger partial charge in [-0.1, -0.05) is 15.9 Å². The zero-order valence-electron chi connectivity index (χ0n) is 21.6. The smallest absolute Gasteiger partial charge is 0.410 e. The lowest BCUT2D eigenvalue weighted by molar-refractivity contribution is 0.0214. The zero-order valence-corrected chi connectivity index (χ0v) is 23.2. The molecule has 1 saturated heterocycles. The number of amides is 1. The van der Waals surface area contributed by atoms with Gasteiger partial charge in [0, 0.05) is 28.4 Å². The second-order valence-corrected chi connectivity index (χ2v) is 11.2. The molecule has 1 aliphatic rings. The van der Waals surface area contributed by atoms with Crippen LogP contribution in [0.5, 0.6) is 5.88 Å². The molecule has 204 valence electrons. The highest BCUT2D eigenvalue weighted by Crippen LogP contribution is 2.38. The molecular weight excluding hydrogens is 560 g/mol. The van der Waals surface area contributed by atoms with Crippen LogP contribution < -0.4 is 15.8 Å². The molecule has 8 nitrogen and oxygen atoms in total. The molecule has 2 aromatic heterocycles. The molecule has 0 unspecified atom stereocenters. The van der Waals surface area contributed by atoms with E-state index in [0.717, 1.165) is 33.7 Å². The van der Waals surface area contributed by atoms with E-state index in [1.54, 1.807) is 27.0 Å². The minimum Gasteiger partial charge on any atom is -0.477 e. The number of alkyl halides is 1. The van der Waals surface area contributed by atoms with Crippen LogP contribution in [0.4, 0.5) is 25.0 Å². The van der Waals surface area contributed by atoms with Gasteiger partial charge in [0.1, 0.15) is 17.6 Å². The summed E-state index contributed by atoms with van der Waals surface area (Å²) in [6.07, 6.45) is 2.22. The molecule has 1 fully saturated rings. The van der Waals surface area contributed by atoms with E-state index < -0.39 is 29.7 Å². The Kier molecular flexibility index (Phi) is 8.54. The largest absolute Gasteiger partial charge is 0.477 e. The number of rotatable bonds is 8. The van der Waals surface area contributed by atoms with Crippen LogP contribution in [0.15, 0.2) is 41.1 Å². The second kappa shape index (κ2) is 11.7. The number of carbonyl (C=O) groups excluding carboxylic acids is 1. The number of likely N-dealkylation sites (tertiary alicyclic amines) is 1. The van der Waals surface area contributed by atoms with Crippen LogP contribution in [0.1, 0.15) is 51.6 Å². The fraction of sp³-hybridized carbons (Fsp3) is 0.444. The number of ether oxygens (including phenoxy) is 2. The number of halogens is 3. The number of benzene rings is 1. The summed E-state index contributed by atoms with van der Waals surface area (Å²) >= 11 is 3.49. The normalized spacial score (nSPS) is 17.6. The van der Waals surface area contributed by atoms with Gasteiger partial charge in [0.2, 0.25) is 5.88 Å². The number of unbranched alkanes of at least 4 members (excludes halogenated alkanes) is 1.